The zero-order valence-corrected chi connectivity index (χ0v) is 19.0. The van der Waals surface area contributed by atoms with E-state index in [1.165, 1.54) is 18.3 Å². The van der Waals surface area contributed by atoms with Crippen molar-refractivity contribution in [2.24, 2.45) is 22.8 Å². The number of carbonyl (C=O) groups is 2. The predicted octanol–water partition coefficient (Wildman–Crippen LogP) is 2.37. The molecule has 0 unspecified atom stereocenters. The number of benzene rings is 1. The molecule has 1 saturated heterocycles. The summed E-state index contributed by atoms with van der Waals surface area (Å²) in [6.07, 6.45) is 3.61. The minimum Gasteiger partial charge on any atom is -0.404 e. The summed E-state index contributed by atoms with van der Waals surface area (Å²) in [5, 5.41) is 12.5. The van der Waals surface area contributed by atoms with Gasteiger partial charge >= 0.3 is 0 Å². The Morgan fingerprint density at radius 3 is 2.76 bits per heavy atom. The van der Waals surface area contributed by atoms with E-state index in [1.807, 2.05) is 0 Å². The molecular weight excluding hydrogens is 435 g/mol. The third-order valence-electron chi connectivity index (χ3n) is 6.52. The van der Waals surface area contributed by atoms with Gasteiger partial charge in [0.25, 0.3) is 5.91 Å². The number of nitrogens with one attached hydrogen (secondary N) is 1. The maximum atomic E-state index is 14.1. The van der Waals surface area contributed by atoms with E-state index in [2.05, 4.69) is 16.4 Å². The van der Waals surface area contributed by atoms with Crippen molar-refractivity contribution in [2.75, 3.05) is 18.0 Å². The van der Waals surface area contributed by atoms with Crippen LogP contribution in [0.4, 0.5) is 10.1 Å². The number of aromatic nitrogens is 1. The number of rotatable bonds is 7. The average molecular weight is 463 g/mol. The number of hydrogen-bond donors (Lipinski definition) is 3. The lowest BCUT2D eigenvalue weighted by atomic mass is 9.83. The Morgan fingerprint density at radius 2 is 2.12 bits per heavy atom. The highest BCUT2D eigenvalue weighted by atomic mass is 19.1. The van der Waals surface area contributed by atoms with Crippen molar-refractivity contribution in [3.05, 3.63) is 64.9 Å². The maximum Gasteiger partial charge on any atom is 0.270 e. The monoisotopic (exact) mass is 462 g/mol. The second-order valence-corrected chi connectivity index (χ2v) is 8.84. The predicted molar refractivity (Wildman–Crippen MR) is 126 cm³/mol. The molecule has 2 heterocycles. The maximum absolute atomic E-state index is 14.1. The summed E-state index contributed by atoms with van der Waals surface area (Å²) in [5.41, 5.74) is 13.2. The topological polar surface area (TPSA) is 138 Å². The van der Waals surface area contributed by atoms with Crippen LogP contribution in [0.25, 0.3) is 5.57 Å². The third kappa shape index (κ3) is 4.37. The van der Waals surface area contributed by atoms with Crippen molar-refractivity contribution in [1.82, 2.24) is 10.3 Å². The van der Waals surface area contributed by atoms with Crippen molar-refractivity contribution in [2.45, 2.75) is 32.7 Å². The number of pyridine rings is 1. The van der Waals surface area contributed by atoms with Gasteiger partial charge in [0.1, 0.15) is 16.9 Å². The van der Waals surface area contributed by atoms with Crippen LogP contribution in [0, 0.1) is 35.4 Å². The fourth-order valence-electron chi connectivity index (χ4n) is 4.55. The zero-order chi connectivity index (χ0) is 24.5. The van der Waals surface area contributed by atoms with Gasteiger partial charge in [-0.3, -0.25) is 9.59 Å². The number of nitriles is 1. The lowest BCUT2D eigenvalue weighted by Crippen LogP contribution is -2.35. The first kappa shape index (κ1) is 23.4. The molecule has 5 N–H and O–H groups in total. The molecule has 2 aromatic rings. The standard InChI is InChI=1S/C25H27FN6O2/c1-15-6-21(32-5-4-25(14-29,24(32)34)19-2-3-19)10-22(31-15)23(33)30-13-16-7-17(9-20(26)8-16)18(11-27)12-28/h6-11,19H,2-5,12-13,27-28H2,1H3,(H,30,33)/b18-11+/t25-/m1/s1. The van der Waals surface area contributed by atoms with Crippen LogP contribution in [0.3, 0.4) is 0 Å². The lowest BCUT2D eigenvalue weighted by molar-refractivity contribution is -0.123. The van der Waals surface area contributed by atoms with E-state index >= 15 is 0 Å². The molecule has 9 heteroatoms. The SMILES string of the molecule is Cc1cc(N2CC[C@@](C#N)(C3CC3)C2=O)cc(C(=O)NCc2cc(F)cc(/C(=C/N)CN)c2)n1. The van der Waals surface area contributed by atoms with Crippen molar-refractivity contribution in [3.63, 3.8) is 0 Å². The molecule has 8 nitrogen and oxygen atoms in total. The van der Waals surface area contributed by atoms with E-state index in [1.54, 1.807) is 30.0 Å². The quantitative estimate of drug-likeness (QED) is 0.577. The van der Waals surface area contributed by atoms with Crippen LogP contribution in [0.5, 0.6) is 0 Å². The van der Waals surface area contributed by atoms with Gasteiger partial charge in [-0.05, 0) is 85.3 Å². The molecule has 1 aromatic heterocycles. The molecule has 2 amide bonds. The molecule has 2 fully saturated rings. The van der Waals surface area contributed by atoms with E-state index in [4.69, 9.17) is 11.5 Å². The highest BCUT2D eigenvalue weighted by Gasteiger charge is 2.56. The summed E-state index contributed by atoms with van der Waals surface area (Å²) in [6.45, 7) is 2.40. The van der Waals surface area contributed by atoms with Gasteiger partial charge in [-0.25, -0.2) is 9.37 Å². The van der Waals surface area contributed by atoms with Gasteiger partial charge in [0.15, 0.2) is 0 Å². The van der Waals surface area contributed by atoms with E-state index in [9.17, 15) is 19.2 Å². The molecule has 34 heavy (non-hydrogen) atoms. The van der Waals surface area contributed by atoms with Crippen LogP contribution in [-0.4, -0.2) is 29.9 Å². The first-order valence-electron chi connectivity index (χ1n) is 11.2. The second kappa shape index (κ2) is 9.23. The minimum atomic E-state index is -0.963. The van der Waals surface area contributed by atoms with E-state index in [0.717, 1.165) is 12.8 Å². The van der Waals surface area contributed by atoms with E-state index in [0.29, 0.717) is 41.0 Å². The fourth-order valence-corrected chi connectivity index (χ4v) is 4.55. The molecule has 1 aliphatic heterocycles. The summed E-state index contributed by atoms with van der Waals surface area (Å²) in [4.78, 5) is 31.9. The van der Waals surface area contributed by atoms with Crippen molar-refractivity contribution < 1.29 is 14.0 Å². The van der Waals surface area contributed by atoms with Crippen molar-refractivity contribution in [3.8, 4) is 6.07 Å². The van der Waals surface area contributed by atoms with Gasteiger partial charge in [-0.2, -0.15) is 5.26 Å². The normalized spacial score (nSPS) is 20.4. The van der Waals surface area contributed by atoms with Gasteiger partial charge in [0.2, 0.25) is 5.91 Å². The number of carbonyl (C=O) groups excluding carboxylic acids is 2. The second-order valence-electron chi connectivity index (χ2n) is 8.84. The Balaban J connectivity index is 1.51. The molecule has 2 aliphatic rings. The average Bonchev–Trinajstić information content (AvgIpc) is 3.61. The number of hydrogen-bond acceptors (Lipinski definition) is 6. The molecule has 1 saturated carbocycles. The summed E-state index contributed by atoms with van der Waals surface area (Å²) in [5.74, 6) is -1.00. The molecule has 0 spiro atoms. The zero-order valence-electron chi connectivity index (χ0n) is 19.0. The highest BCUT2D eigenvalue weighted by Crippen LogP contribution is 2.51. The van der Waals surface area contributed by atoms with Gasteiger partial charge < -0.3 is 21.7 Å². The molecule has 1 aromatic carbocycles. The Labute approximate surface area is 197 Å². The minimum absolute atomic E-state index is 0.0683. The highest BCUT2D eigenvalue weighted by molar-refractivity contribution is 6.03. The Kier molecular flexibility index (Phi) is 6.35. The van der Waals surface area contributed by atoms with Crippen molar-refractivity contribution in [1.29, 1.82) is 5.26 Å². The molecule has 0 radical (unpaired) electrons. The summed E-state index contributed by atoms with van der Waals surface area (Å²) in [6, 6.07) is 9.94. The van der Waals surface area contributed by atoms with Gasteiger partial charge in [0.05, 0.1) is 6.07 Å². The number of amides is 2. The Bertz CT molecular complexity index is 1220. The van der Waals surface area contributed by atoms with E-state index in [-0.39, 0.29) is 30.6 Å². The molecule has 4 rings (SSSR count). The molecule has 1 aliphatic carbocycles. The van der Waals surface area contributed by atoms with Gasteiger partial charge in [-0.15, -0.1) is 0 Å². The van der Waals surface area contributed by atoms with Gasteiger partial charge in [-0.1, -0.05) is 0 Å². The number of nitrogens with zero attached hydrogens (tertiary/aromatic N) is 3. The molecule has 1 atom stereocenters. The first-order valence-corrected chi connectivity index (χ1v) is 11.2. The summed E-state index contributed by atoms with van der Waals surface area (Å²) in [7, 11) is 0. The van der Waals surface area contributed by atoms with Crippen LogP contribution in [-0.2, 0) is 11.3 Å². The smallest absolute Gasteiger partial charge is 0.270 e. The molecule has 0 bridgehead atoms. The fraction of sp³-hybridized carbons (Fsp3) is 0.360. The number of anilines is 1. The molecular formula is C25H27FN6O2. The van der Waals surface area contributed by atoms with Crippen molar-refractivity contribution >= 4 is 23.1 Å². The van der Waals surface area contributed by atoms with Crippen LogP contribution >= 0.6 is 0 Å². The Morgan fingerprint density at radius 1 is 1.35 bits per heavy atom. The number of nitrogens with two attached hydrogens (primary N) is 2. The van der Waals surface area contributed by atoms with Crippen LogP contribution in [0.1, 0.15) is 46.6 Å². The lowest BCUT2D eigenvalue weighted by Gasteiger charge is -2.21. The van der Waals surface area contributed by atoms with Crippen LogP contribution in [0.2, 0.25) is 0 Å². The first-order chi connectivity index (χ1) is 16.3. The number of aryl methyl sites for hydroxylation is 1. The number of halogens is 1. The summed E-state index contributed by atoms with van der Waals surface area (Å²) < 4.78 is 14.1. The summed E-state index contributed by atoms with van der Waals surface area (Å²) >= 11 is 0. The van der Waals surface area contributed by atoms with Crippen LogP contribution < -0.4 is 21.7 Å². The van der Waals surface area contributed by atoms with Crippen LogP contribution in [0.15, 0.2) is 36.5 Å². The third-order valence-corrected chi connectivity index (χ3v) is 6.52. The van der Waals surface area contributed by atoms with Gasteiger partial charge in [0, 0.05) is 31.0 Å². The largest absolute Gasteiger partial charge is 0.404 e. The Hall–Kier alpha value is -3.77. The molecule has 176 valence electrons. The van der Waals surface area contributed by atoms with E-state index < -0.39 is 17.1 Å².